The lowest BCUT2D eigenvalue weighted by atomic mass is 10.1. The standard InChI is InChI=1S/C12H21N3S.C2H6/c1-10(2)11-8-13-15(9-11)12-4-6-14(16-3)7-5-12;1-2/h8-10,12H,4-7H2,1-3H3;1-2H3. The molecule has 0 aliphatic carbocycles. The van der Waals surface area contributed by atoms with Crippen LogP contribution in [0.3, 0.4) is 0 Å². The summed E-state index contributed by atoms with van der Waals surface area (Å²) in [5.41, 5.74) is 1.35. The number of nitrogens with zero attached hydrogens (tertiary/aromatic N) is 3. The van der Waals surface area contributed by atoms with Gasteiger partial charge in [-0.3, -0.25) is 8.99 Å². The minimum atomic E-state index is 0.583. The van der Waals surface area contributed by atoms with Crippen molar-refractivity contribution in [3.8, 4) is 0 Å². The van der Waals surface area contributed by atoms with Gasteiger partial charge < -0.3 is 0 Å². The first-order valence-electron chi connectivity index (χ1n) is 7.04. The van der Waals surface area contributed by atoms with E-state index in [2.05, 4.69) is 40.4 Å². The van der Waals surface area contributed by atoms with Gasteiger partial charge >= 0.3 is 0 Å². The van der Waals surface area contributed by atoms with Crippen molar-refractivity contribution < 1.29 is 0 Å². The van der Waals surface area contributed by atoms with Crippen molar-refractivity contribution in [2.24, 2.45) is 0 Å². The largest absolute Gasteiger partial charge is 0.269 e. The lowest BCUT2D eigenvalue weighted by Crippen LogP contribution is -2.29. The second kappa shape index (κ2) is 7.85. The summed E-state index contributed by atoms with van der Waals surface area (Å²) in [5.74, 6) is 0.583. The van der Waals surface area contributed by atoms with Gasteiger partial charge in [0.25, 0.3) is 0 Å². The van der Waals surface area contributed by atoms with Crippen molar-refractivity contribution in [3.63, 3.8) is 0 Å². The van der Waals surface area contributed by atoms with E-state index >= 15 is 0 Å². The summed E-state index contributed by atoms with van der Waals surface area (Å²) >= 11 is 1.86. The first-order valence-corrected chi connectivity index (χ1v) is 8.22. The molecule has 104 valence electrons. The summed E-state index contributed by atoms with van der Waals surface area (Å²) in [6.07, 6.45) is 8.85. The van der Waals surface area contributed by atoms with Crippen LogP contribution in [0.4, 0.5) is 0 Å². The first kappa shape index (κ1) is 15.6. The van der Waals surface area contributed by atoms with Crippen molar-refractivity contribution in [2.75, 3.05) is 19.3 Å². The van der Waals surface area contributed by atoms with Gasteiger partial charge in [-0.1, -0.05) is 39.6 Å². The van der Waals surface area contributed by atoms with Crippen LogP contribution in [0.15, 0.2) is 12.4 Å². The molecule has 1 aromatic heterocycles. The van der Waals surface area contributed by atoms with Crippen LogP contribution >= 0.6 is 11.9 Å². The molecule has 0 N–H and O–H groups in total. The molecular formula is C14H27N3S. The number of hydrogen-bond acceptors (Lipinski definition) is 3. The van der Waals surface area contributed by atoms with E-state index in [0.29, 0.717) is 12.0 Å². The fraction of sp³-hybridized carbons (Fsp3) is 0.786. The van der Waals surface area contributed by atoms with E-state index in [-0.39, 0.29) is 0 Å². The average molecular weight is 269 g/mol. The smallest absolute Gasteiger partial charge is 0.0544 e. The summed E-state index contributed by atoms with van der Waals surface area (Å²) in [6.45, 7) is 10.8. The molecule has 1 aliphatic heterocycles. The van der Waals surface area contributed by atoms with Gasteiger partial charge in [0.15, 0.2) is 0 Å². The molecule has 0 spiro atoms. The van der Waals surface area contributed by atoms with Crippen molar-refractivity contribution in [2.45, 2.75) is 52.5 Å². The minimum absolute atomic E-state index is 0.583. The molecular weight excluding hydrogens is 242 g/mol. The van der Waals surface area contributed by atoms with Crippen molar-refractivity contribution in [1.29, 1.82) is 0 Å². The van der Waals surface area contributed by atoms with Gasteiger partial charge in [-0.25, -0.2) is 0 Å². The molecule has 0 atom stereocenters. The van der Waals surface area contributed by atoms with Gasteiger partial charge in [0.2, 0.25) is 0 Å². The van der Waals surface area contributed by atoms with Crippen LogP contribution in [-0.4, -0.2) is 33.4 Å². The monoisotopic (exact) mass is 269 g/mol. The van der Waals surface area contributed by atoms with Crippen LogP contribution in [0.2, 0.25) is 0 Å². The second-order valence-corrected chi connectivity index (χ2v) is 5.63. The second-order valence-electron chi connectivity index (χ2n) is 4.75. The van der Waals surface area contributed by atoms with Gasteiger partial charge in [0.05, 0.1) is 12.2 Å². The third kappa shape index (κ3) is 4.02. The Morgan fingerprint density at radius 3 is 2.33 bits per heavy atom. The highest BCUT2D eigenvalue weighted by Crippen LogP contribution is 2.26. The predicted molar refractivity (Wildman–Crippen MR) is 81.0 cm³/mol. The lowest BCUT2D eigenvalue weighted by molar-refractivity contribution is 0.276. The Hall–Kier alpha value is -0.480. The van der Waals surface area contributed by atoms with E-state index in [0.717, 1.165) is 0 Å². The molecule has 2 rings (SSSR count). The Morgan fingerprint density at radius 2 is 1.89 bits per heavy atom. The van der Waals surface area contributed by atoms with Gasteiger partial charge in [0.1, 0.15) is 0 Å². The molecule has 0 unspecified atom stereocenters. The van der Waals surface area contributed by atoms with Crippen molar-refractivity contribution in [3.05, 3.63) is 18.0 Å². The van der Waals surface area contributed by atoms with Gasteiger partial charge in [-0.15, -0.1) is 0 Å². The molecule has 0 radical (unpaired) electrons. The molecule has 1 saturated heterocycles. The van der Waals surface area contributed by atoms with E-state index in [1.807, 2.05) is 32.0 Å². The molecule has 4 heteroatoms. The third-order valence-corrected chi connectivity index (χ3v) is 4.23. The maximum absolute atomic E-state index is 4.50. The number of hydrogen-bond donors (Lipinski definition) is 0. The molecule has 0 aromatic carbocycles. The highest BCUT2D eigenvalue weighted by molar-refractivity contribution is 7.96. The highest BCUT2D eigenvalue weighted by Gasteiger charge is 2.20. The number of piperidine rings is 1. The van der Waals surface area contributed by atoms with Crippen LogP contribution < -0.4 is 0 Å². The van der Waals surface area contributed by atoms with E-state index < -0.39 is 0 Å². The van der Waals surface area contributed by atoms with Crippen LogP contribution in [0, 0.1) is 0 Å². The lowest BCUT2D eigenvalue weighted by Gasteiger charge is -2.30. The average Bonchev–Trinajstić information content (AvgIpc) is 2.91. The Kier molecular flexibility index (Phi) is 6.79. The van der Waals surface area contributed by atoms with Crippen molar-refractivity contribution >= 4 is 11.9 Å². The van der Waals surface area contributed by atoms with Gasteiger partial charge in [-0.2, -0.15) is 5.10 Å². The topological polar surface area (TPSA) is 21.1 Å². The summed E-state index contributed by atoms with van der Waals surface area (Å²) in [7, 11) is 0. The van der Waals surface area contributed by atoms with E-state index in [9.17, 15) is 0 Å². The van der Waals surface area contributed by atoms with Gasteiger partial charge in [0, 0.05) is 19.3 Å². The molecule has 1 aliphatic rings. The number of rotatable bonds is 3. The molecule has 1 fully saturated rings. The predicted octanol–water partition coefficient (Wildman–Crippen LogP) is 3.95. The minimum Gasteiger partial charge on any atom is -0.269 e. The van der Waals surface area contributed by atoms with E-state index in [4.69, 9.17) is 0 Å². The molecule has 2 heterocycles. The molecule has 0 amide bonds. The first-order chi connectivity index (χ1) is 8.70. The SMILES string of the molecule is CC.CSN1CCC(n2cc(C(C)C)cn2)CC1. The third-order valence-electron chi connectivity index (χ3n) is 3.34. The number of aromatic nitrogens is 2. The molecule has 0 saturated carbocycles. The normalized spacial score (nSPS) is 17.7. The summed E-state index contributed by atoms with van der Waals surface area (Å²) < 4.78 is 4.61. The maximum atomic E-state index is 4.50. The zero-order valence-corrected chi connectivity index (χ0v) is 13.2. The quantitative estimate of drug-likeness (QED) is 0.775. The Morgan fingerprint density at radius 1 is 1.28 bits per heavy atom. The molecule has 0 bridgehead atoms. The molecule has 3 nitrogen and oxygen atoms in total. The molecule has 1 aromatic rings. The zero-order chi connectivity index (χ0) is 13.5. The summed E-state index contributed by atoms with van der Waals surface area (Å²) in [4.78, 5) is 0. The Balaban J connectivity index is 0.000000771. The van der Waals surface area contributed by atoms with Crippen molar-refractivity contribution in [1.82, 2.24) is 14.1 Å². The zero-order valence-electron chi connectivity index (χ0n) is 12.4. The van der Waals surface area contributed by atoms with Crippen LogP contribution in [0.25, 0.3) is 0 Å². The summed E-state index contributed by atoms with van der Waals surface area (Å²) in [6, 6.07) is 0.607. The van der Waals surface area contributed by atoms with Gasteiger partial charge in [-0.05, 0) is 30.6 Å². The van der Waals surface area contributed by atoms with Crippen LogP contribution in [0.1, 0.15) is 58.1 Å². The fourth-order valence-corrected chi connectivity index (χ4v) is 2.72. The van der Waals surface area contributed by atoms with E-state index in [1.165, 1.54) is 31.5 Å². The Bertz CT molecular complexity index is 328. The van der Waals surface area contributed by atoms with Crippen LogP contribution in [0.5, 0.6) is 0 Å². The fourth-order valence-electron chi connectivity index (χ4n) is 2.14. The molecule has 18 heavy (non-hydrogen) atoms. The maximum Gasteiger partial charge on any atom is 0.0544 e. The van der Waals surface area contributed by atoms with Crippen LogP contribution in [-0.2, 0) is 0 Å². The summed E-state index contributed by atoms with van der Waals surface area (Å²) in [5, 5.41) is 4.50. The highest BCUT2D eigenvalue weighted by atomic mass is 32.2. The van der Waals surface area contributed by atoms with E-state index in [1.54, 1.807) is 0 Å². The Labute approximate surface area is 116 Å².